The van der Waals surface area contributed by atoms with E-state index in [0.717, 1.165) is 35.4 Å². The Morgan fingerprint density at radius 3 is 2.71 bits per heavy atom. The minimum absolute atomic E-state index is 0.0870. The van der Waals surface area contributed by atoms with Gasteiger partial charge in [-0.05, 0) is 36.1 Å². The van der Waals surface area contributed by atoms with Crippen LogP contribution < -0.4 is 5.32 Å². The highest BCUT2D eigenvalue weighted by Gasteiger charge is 2.25. The summed E-state index contributed by atoms with van der Waals surface area (Å²) in [6.07, 6.45) is 4.78. The van der Waals surface area contributed by atoms with Crippen molar-refractivity contribution in [1.82, 2.24) is 19.9 Å². The maximum Gasteiger partial charge on any atom is 0.224 e. The van der Waals surface area contributed by atoms with Crippen molar-refractivity contribution in [3.05, 3.63) is 71.7 Å². The van der Waals surface area contributed by atoms with Gasteiger partial charge in [0.05, 0.1) is 6.42 Å². The lowest BCUT2D eigenvalue weighted by molar-refractivity contribution is -0.122. The monoisotopic (exact) mass is 374 g/mol. The molecule has 2 aromatic heterocycles. The number of ketones is 1. The first-order valence-electron chi connectivity index (χ1n) is 9.58. The number of rotatable bonds is 7. The quantitative estimate of drug-likeness (QED) is 0.645. The van der Waals surface area contributed by atoms with Crippen LogP contribution in [0.15, 0.2) is 60.3 Å². The normalized spacial score (nSPS) is 14.1. The molecule has 6 nitrogen and oxygen atoms in total. The second-order valence-electron chi connectivity index (χ2n) is 6.92. The van der Waals surface area contributed by atoms with Crippen LogP contribution in [0.2, 0.25) is 0 Å². The van der Waals surface area contributed by atoms with Crippen LogP contribution >= 0.6 is 0 Å². The maximum absolute atomic E-state index is 12.4. The molecule has 0 aliphatic heterocycles. The number of hydrogen-bond acceptors (Lipinski definition) is 4. The molecule has 0 saturated carbocycles. The maximum atomic E-state index is 12.4. The second-order valence-corrected chi connectivity index (χ2v) is 6.92. The van der Waals surface area contributed by atoms with Crippen molar-refractivity contribution in [2.24, 2.45) is 0 Å². The third-order valence-corrected chi connectivity index (χ3v) is 5.05. The fourth-order valence-electron chi connectivity index (χ4n) is 3.63. The molecule has 3 aromatic rings. The molecule has 0 spiro atoms. The van der Waals surface area contributed by atoms with Gasteiger partial charge in [0.15, 0.2) is 11.4 Å². The smallest absolute Gasteiger partial charge is 0.224 e. The summed E-state index contributed by atoms with van der Waals surface area (Å²) in [6.45, 7) is 0.544. The van der Waals surface area contributed by atoms with Crippen molar-refractivity contribution in [3.8, 4) is 0 Å². The van der Waals surface area contributed by atoms with Crippen LogP contribution in [0.5, 0.6) is 0 Å². The van der Waals surface area contributed by atoms with Crippen LogP contribution in [0, 0.1) is 0 Å². The molecule has 0 bridgehead atoms. The Kier molecular flexibility index (Phi) is 5.28. The van der Waals surface area contributed by atoms with Crippen molar-refractivity contribution in [1.29, 1.82) is 0 Å². The fraction of sp³-hybridized carbons (Fsp3) is 0.273. The summed E-state index contributed by atoms with van der Waals surface area (Å²) < 4.78 is 1.95. The van der Waals surface area contributed by atoms with E-state index in [-0.39, 0.29) is 18.1 Å². The van der Waals surface area contributed by atoms with Gasteiger partial charge in [-0.2, -0.15) is 0 Å². The van der Waals surface area contributed by atoms with E-state index in [4.69, 9.17) is 0 Å². The van der Waals surface area contributed by atoms with Crippen molar-refractivity contribution >= 4 is 22.9 Å². The second kappa shape index (κ2) is 8.17. The molecule has 0 atom stereocenters. The van der Waals surface area contributed by atoms with E-state index >= 15 is 0 Å². The molecule has 142 valence electrons. The highest BCUT2D eigenvalue weighted by atomic mass is 16.2. The van der Waals surface area contributed by atoms with Crippen molar-refractivity contribution < 1.29 is 9.59 Å². The van der Waals surface area contributed by atoms with E-state index < -0.39 is 0 Å². The molecule has 6 heteroatoms. The minimum Gasteiger partial charge on any atom is -0.356 e. The number of nitrogens with one attached hydrogen (secondary N) is 1. The lowest BCUT2D eigenvalue weighted by Gasteiger charge is -2.08. The summed E-state index contributed by atoms with van der Waals surface area (Å²) in [4.78, 5) is 24.6. The van der Waals surface area contributed by atoms with Crippen molar-refractivity contribution in [3.63, 3.8) is 0 Å². The van der Waals surface area contributed by atoms with Gasteiger partial charge in [0.25, 0.3) is 0 Å². The summed E-state index contributed by atoms with van der Waals surface area (Å²) in [5.41, 5.74) is 3.53. The average molecular weight is 374 g/mol. The van der Waals surface area contributed by atoms with Gasteiger partial charge in [-0.15, -0.1) is 10.2 Å². The number of aromatic nitrogens is 3. The Labute approximate surface area is 163 Å². The number of benzene rings is 1. The lowest BCUT2D eigenvalue weighted by atomic mass is 10.00. The topological polar surface area (TPSA) is 76.4 Å². The molecule has 28 heavy (non-hydrogen) atoms. The Morgan fingerprint density at radius 1 is 1.04 bits per heavy atom. The molecule has 1 aromatic carbocycles. The first-order chi connectivity index (χ1) is 13.7. The Balaban J connectivity index is 1.32. The van der Waals surface area contributed by atoms with Gasteiger partial charge in [-0.1, -0.05) is 36.4 Å². The summed E-state index contributed by atoms with van der Waals surface area (Å²) in [5.74, 6) is 0.860. The molecular formula is C22H22N4O2. The van der Waals surface area contributed by atoms with Crippen LogP contribution in [0.4, 0.5) is 0 Å². The van der Waals surface area contributed by atoms with E-state index in [9.17, 15) is 9.59 Å². The Morgan fingerprint density at radius 2 is 1.86 bits per heavy atom. The zero-order chi connectivity index (χ0) is 19.3. The summed E-state index contributed by atoms with van der Waals surface area (Å²) >= 11 is 0. The van der Waals surface area contributed by atoms with Crippen molar-refractivity contribution in [2.75, 3.05) is 6.54 Å². The van der Waals surface area contributed by atoms with Crippen LogP contribution in [0.3, 0.4) is 0 Å². The zero-order valence-corrected chi connectivity index (χ0v) is 15.6. The lowest BCUT2D eigenvalue weighted by Crippen LogP contribution is -2.26. The molecule has 1 N–H and O–H groups in total. The van der Waals surface area contributed by atoms with Crippen LogP contribution in [-0.2, 0) is 16.0 Å². The molecule has 0 radical (unpaired) electrons. The van der Waals surface area contributed by atoms with Gasteiger partial charge in [-0.3, -0.25) is 14.0 Å². The molecule has 1 aliphatic carbocycles. The number of fused-ring (bicyclic) bond motifs is 1. The number of amides is 1. The number of pyridine rings is 1. The Bertz CT molecular complexity index is 1040. The SMILES string of the molecule is O=C(CC1=C(c2ccccc2)CCC1=O)NCCCc1nnc2ccccn12. The standard InChI is InChI=1S/C22H22N4O2/c27-19-12-11-17(16-7-2-1-3-8-16)18(19)15-22(28)23-13-6-10-21-25-24-20-9-4-5-14-26(20)21/h1-5,7-9,14H,6,10-13,15H2,(H,23,28). The van der Waals surface area contributed by atoms with Crippen molar-refractivity contribution in [2.45, 2.75) is 32.1 Å². The number of aryl methyl sites for hydroxylation is 1. The number of allylic oxidation sites excluding steroid dienone is 1. The molecule has 4 rings (SSSR count). The molecule has 0 fully saturated rings. The predicted octanol–water partition coefficient (Wildman–Crippen LogP) is 2.98. The first kappa shape index (κ1) is 18.1. The number of carbonyl (C=O) groups excluding carboxylic acids is 2. The van der Waals surface area contributed by atoms with Crippen LogP contribution in [0.1, 0.15) is 37.1 Å². The predicted molar refractivity (Wildman–Crippen MR) is 107 cm³/mol. The minimum atomic E-state index is -0.107. The van der Waals surface area contributed by atoms with Gasteiger partial charge in [0, 0.05) is 31.2 Å². The summed E-state index contributed by atoms with van der Waals surface area (Å²) in [5, 5.41) is 11.3. The van der Waals surface area contributed by atoms with E-state index in [2.05, 4.69) is 15.5 Å². The third kappa shape index (κ3) is 3.86. The first-order valence-corrected chi connectivity index (χ1v) is 9.58. The van der Waals surface area contributed by atoms with Gasteiger partial charge >= 0.3 is 0 Å². The molecular weight excluding hydrogens is 352 g/mol. The molecule has 0 saturated heterocycles. The van der Waals surface area contributed by atoms with E-state index in [1.807, 2.05) is 59.1 Å². The van der Waals surface area contributed by atoms with Crippen LogP contribution in [0.25, 0.3) is 11.2 Å². The average Bonchev–Trinajstić information content (AvgIpc) is 3.30. The Hall–Kier alpha value is -3.28. The highest BCUT2D eigenvalue weighted by Crippen LogP contribution is 2.33. The highest BCUT2D eigenvalue weighted by molar-refractivity contribution is 6.10. The van der Waals surface area contributed by atoms with Gasteiger partial charge in [0.1, 0.15) is 5.82 Å². The summed E-state index contributed by atoms with van der Waals surface area (Å²) in [7, 11) is 0. The molecule has 2 heterocycles. The summed E-state index contributed by atoms with van der Waals surface area (Å²) in [6, 6.07) is 15.6. The van der Waals surface area contributed by atoms with Gasteiger partial charge < -0.3 is 5.32 Å². The molecule has 1 amide bonds. The van der Waals surface area contributed by atoms with E-state index in [1.165, 1.54) is 0 Å². The van der Waals surface area contributed by atoms with Crippen LogP contribution in [-0.4, -0.2) is 32.8 Å². The van der Waals surface area contributed by atoms with Gasteiger partial charge in [0.2, 0.25) is 5.91 Å². The largest absolute Gasteiger partial charge is 0.356 e. The van der Waals surface area contributed by atoms with Gasteiger partial charge in [-0.25, -0.2) is 0 Å². The fourth-order valence-corrected chi connectivity index (χ4v) is 3.63. The zero-order valence-electron chi connectivity index (χ0n) is 15.6. The number of nitrogens with zero attached hydrogens (tertiary/aromatic N) is 3. The van der Waals surface area contributed by atoms with E-state index in [0.29, 0.717) is 25.0 Å². The molecule has 1 aliphatic rings. The van der Waals surface area contributed by atoms with E-state index in [1.54, 1.807) is 0 Å². The number of carbonyl (C=O) groups is 2. The number of Topliss-reactive ketones (excluding diaryl/α,β-unsaturated/α-hetero) is 1. The number of hydrogen-bond donors (Lipinski definition) is 1. The third-order valence-electron chi connectivity index (χ3n) is 5.05. The molecule has 0 unspecified atom stereocenters.